The highest BCUT2D eigenvalue weighted by Crippen LogP contribution is 2.35. The van der Waals surface area contributed by atoms with Crippen molar-refractivity contribution in [1.29, 1.82) is 0 Å². The number of nitro benzene ring substituents is 1. The second-order valence-corrected chi connectivity index (χ2v) is 8.00. The van der Waals surface area contributed by atoms with Crippen LogP contribution >= 0.6 is 15.9 Å². The van der Waals surface area contributed by atoms with E-state index in [-0.39, 0.29) is 5.69 Å². The first-order chi connectivity index (χ1) is 14.5. The molecule has 0 radical (unpaired) electrons. The summed E-state index contributed by atoms with van der Waals surface area (Å²) in [5, 5.41) is 18.0. The first-order valence-electron chi connectivity index (χ1n) is 9.30. The summed E-state index contributed by atoms with van der Waals surface area (Å²) >= 11 is 3.54. The maximum absolute atomic E-state index is 11.3. The van der Waals surface area contributed by atoms with Crippen LogP contribution in [0.25, 0.3) is 38.8 Å². The molecular formula is C23H15BrN4O2. The molecule has 3 aromatic carbocycles. The molecule has 2 aromatic heterocycles. The van der Waals surface area contributed by atoms with Gasteiger partial charge in [0, 0.05) is 39.1 Å². The quantitative estimate of drug-likeness (QED) is 0.237. The van der Waals surface area contributed by atoms with Gasteiger partial charge in [-0.3, -0.25) is 15.1 Å². The molecular weight excluding hydrogens is 444 g/mol. The van der Waals surface area contributed by atoms with E-state index in [1.54, 1.807) is 10.7 Å². The first kappa shape index (κ1) is 18.4. The van der Waals surface area contributed by atoms with Crippen LogP contribution in [-0.2, 0) is 0 Å². The number of pyridine rings is 1. The fourth-order valence-electron chi connectivity index (χ4n) is 3.61. The Bertz CT molecular complexity index is 1440. The summed E-state index contributed by atoms with van der Waals surface area (Å²) in [4.78, 5) is 15.6. The average molecular weight is 459 g/mol. The lowest BCUT2D eigenvalue weighted by Crippen LogP contribution is -1.99. The molecule has 0 saturated carbocycles. The second kappa shape index (κ2) is 7.03. The molecule has 0 aliphatic heterocycles. The van der Waals surface area contributed by atoms with E-state index in [0.29, 0.717) is 5.69 Å². The molecule has 0 amide bonds. The number of aryl methyl sites for hydroxylation is 1. The predicted octanol–water partition coefficient (Wildman–Crippen LogP) is 6.22. The molecule has 2 heterocycles. The summed E-state index contributed by atoms with van der Waals surface area (Å²) in [5.74, 6) is 0. The molecule has 0 bridgehead atoms. The van der Waals surface area contributed by atoms with Crippen molar-refractivity contribution in [2.24, 2.45) is 0 Å². The van der Waals surface area contributed by atoms with Crippen LogP contribution in [0, 0.1) is 17.0 Å². The molecule has 0 spiro atoms. The molecule has 30 heavy (non-hydrogen) atoms. The number of rotatable bonds is 3. The third-order valence-electron chi connectivity index (χ3n) is 5.08. The van der Waals surface area contributed by atoms with Crippen LogP contribution in [0.5, 0.6) is 0 Å². The van der Waals surface area contributed by atoms with Gasteiger partial charge in [-0.15, -0.1) is 0 Å². The second-order valence-electron chi connectivity index (χ2n) is 7.09. The van der Waals surface area contributed by atoms with E-state index < -0.39 is 4.92 Å². The van der Waals surface area contributed by atoms with Gasteiger partial charge in [0.25, 0.3) is 5.69 Å². The van der Waals surface area contributed by atoms with Gasteiger partial charge < -0.3 is 0 Å². The highest BCUT2D eigenvalue weighted by molar-refractivity contribution is 9.10. The molecule has 5 rings (SSSR count). The van der Waals surface area contributed by atoms with Crippen LogP contribution in [0.15, 0.2) is 77.4 Å². The normalized spacial score (nSPS) is 11.3. The first-order valence-corrected chi connectivity index (χ1v) is 10.1. The molecule has 5 aromatic rings. The number of non-ortho nitro benzene ring substituents is 1. The van der Waals surface area contributed by atoms with Crippen molar-refractivity contribution in [3.05, 3.63) is 93.1 Å². The minimum absolute atomic E-state index is 0.0209. The van der Waals surface area contributed by atoms with Gasteiger partial charge in [-0.25, -0.2) is 4.68 Å². The van der Waals surface area contributed by atoms with E-state index in [0.717, 1.165) is 43.1 Å². The van der Waals surface area contributed by atoms with Gasteiger partial charge in [0.2, 0.25) is 0 Å². The summed E-state index contributed by atoms with van der Waals surface area (Å²) in [6.45, 7) is 2.04. The van der Waals surface area contributed by atoms with Gasteiger partial charge in [0.1, 0.15) is 5.69 Å². The molecule has 146 valence electrons. The van der Waals surface area contributed by atoms with Crippen molar-refractivity contribution in [1.82, 2.24) is 14.8 Å². The monoisotopic (exact) mass is 458 g/mol. The minimum atomic E-state index is -0.397. The van der Waals surface area contributed by atoms with Gasteiger partial charge in [-0.2, -0.15) is 5.10 Å². The van der Waals surface area contributed by atoms with Crippen LogP contribution in [0.1, 0.15) is 5.56 Å². The van der Waals surface area contributed by atoms with Gasteiger partial charge in [0.15, 0.2) is 0 Å². The number of benzene rings is 3. The zero-order valence-corrected chi connectivity index (χ0v) is 17.5. The maximum Gasteiger partial charge on any atom is 0.271 e. The molecule has 7 heteroatoms. The Labute approximate surface area is 180 Å². The third kappa shape index (κ3) is 3.04. The largest absolute Gasteiger partial charge is 0.271 e. The lowest BCUT2D eigenvalue weighted by atomic mass is 10.1. The zero-order chi connectivity index (χ0) is 20.8. The molecule has 0 fully saturated rings. The summed E-state index contributed by atoms with van der Waals surface area (Å²) in [7, 11) is 0. The number of aromatic nitrogens is 3. The Morgan fingerprint density at radius 2 is 1.80 bits per heavy atom. The molecule has 0 N–H and O–H groups in total. The van der Waals surface area contributed by atoms with E-state index >= 15 is 0 Å². The zero-order valence-electron chi connectivity index (χ0n) is 15.9. The Morgan fingerprint density at radius 1 is 1.00 bits per heavy atom. The Kier molecular flexibility index (Phi) is 4.33. The Hall–Kier alpha value is -3.58. The van der Waals surface area contributed by atoms with Gasteiger partial charge in [0.05, 0.1) is 21.6 Å². The minimum Gasteiger partial charge on any atom is -0.258 e. The van der Waals surface area contributed by atoms with Gasteiger partial charge >= 0.3 is 0 Å². The number of halogens is 1. The van der Waals surface area contributed by atoms with Crippen molar-refractivity contribution in [3.63, 3.8) is 0 Å². The van der Waals surface area contributed by atoms with E-state index in [4.69, 9.17) is 5.10 Å². The van der Waals surface area contributed by atoms with Crippen molar-refractivity contribution < 1.29 is 4.92 Å². The smallest absolute Gasteiger partial charge is 0.258 e. The van der Waals surface area contributed by atoms with Crippen molar-refractivity contribution in [3.8, 4) is 16.9 Å². The van der Waals surface area contributed by atoms with Crippen molar-refractivity contribution >= 4 is 43.4 Å². The summed E-state index contributed by atoms with van der Waals surface area (Å²) in [5.41, 5.74) is 5.24. The Balaban J connectivity index is 1.89. The third-order valence-corrected chi connectivity index (χ3v) is 5.57. The van der Waals surface area contributed by atoms with Crippen molar-refractivity contribution in [2.75, 3.05) is 0 Å². The molecule has 6 nitrogen and oxygen atoms in total. The fourth-order valence-corrected chi connectivity index (χ4v) is 3.97. The standard InChI is InChI=1S/C23H15BrN4O2/c1-14-5-7-15(8-6-14)22-20-13-25-21-10-9-16(24)11-19(21)23(20)27(26-22)17-3-2-4-18(12-17)28(29)30/h2-13H,1H3. The van der Waals surface area contributed by atoms with Crippen LogP contribution in [0.4, 0.5) is 5.69 Å². The van der Waals surface area contributed by atoms with Crippen LogP contribution in [0.3, 0.4) is 0 Å². The van der Waals surface area contributed by atoms with Crippen LogP contribution in [0.2, 0.25) is 0 Å². The molecule has 0 aliphatic carbocycles. The van der Waals surface area contributed by atoms with E-state index in [1.165, 1.54) is 12.1 Å². The van der Waals surface area contributed by atoms with Crippen molar-refractivity contribution in [2.45, 2.75) is 6.92 Å². The predicted molar refractivity (Wildman–Crippen MR) is 121 cm³/mol. The molecule has 0 saturated heterocycles. The summed E-state index contributed by atoms with van der Waals surface area (Å²) < 4.78 is 2.70. The van der Waals surface area contributed by atoms with E-state index in [2.05, 4.69) is 20.9 Å². The van der Waals surface area contributed by atoms with E-state index in [9.17, 15) is 10.1 Å². The molecule has 0 atom stereocenters. The van der Waals surface area contributed by atoms with Gasteiger partial charge in [-0.05, 0) is 31.2 Å². The number of fused-ring (bicyclic) bond motifs is 3. The number of nitro groups is 1. The molecule has 0 aliphatic rings. The number of nitrogens with zero attached hydrogens (tertiary/aromatic N) is 4. The highest BCUT2D eigenvalue weighted by atomic mass is 79.9. The van der Waals surface area contributed by atoms with Crippen LogP contribution in [-0.4, -0.2) is 19.7 Å². The van der Waals surface area contributed by atoms with E-state index in [1.807, 2.05) is 61.7 Å². The fraction of sp³-hybridized carbons (Fsp3) is 0.0435. The SMILES string of the molecule is Cc1ccc(-c2nn(-c3cccc([N+](=O)[O-])c3)c3c2cnc2ccc(Br)cc23)cc1. The number of hydrogen-bond acceptors (Lipinski definition) is 4. The lowest BCUT2D eigenvalue weighted by Gasteiger charge is -2.06. The number of hydrogen-bond donors (Lipinski definition) is 0. The summed E-state index contributed by atoms with van der Waals surface area (Å²) in [6, 6.07) is 20.5. The van der Waals surface area contributed by atoms with Crippen LogP contribution < -0.4 is 0 Å². The molecule has 0 unspecified atom stereocenters. The highest BCUT2D eigenvalue weighted by Gasteiger charge is 2.18. The lowest BCUT2D eigenvalue weighted by molar-refractivity contribution is -0.384. The van der Waals surface area contributed by atoms with Gasteiger partial charge in [-0.1, -0.05) is 51.8 Å². The summed E-state index contributed by atoms with van der Waals surface area (Å²) in [6.07, 6.45) is 1.82. The Morgan fingerprint density at radius 3 is 2.57 bits per heavy atom. The maximum atomic E-state index is 11.3. The average Bonchev–Trinajstić information content (AvgIpc) is 3.14. The topological polar surface area (TPSA) is 73.8 Å².